The molecule has 0 radical (unpaired) electrons. The van der Waals surface area contributed by atoms with Crippen molar-refractivity contribution in [3.05, 3.63) is 18.1 Å². The van der Waals surface area contributed by atoms with E-state index >= 15 is 0 Å². The maximum atomic E-state index is 12.5. The highest BCUT2D eigenvalue weighted by Crippen LogP contribution is 2.22. The summed E-state index contributed by atoms with van der Waals surface area (Å²) >= 11 is 0. The van der Waals surface area contributed by atoms with Crippen LogP contribution in [0.25, 0.3) is 0 Å². The molecule has 108 valence electrons. The second-order valence-electron chi connectivity index (χ2n) is 5.40. The van der Waals surface area contributed by atoms with E-state index in [2.05, 4.69) is 20.2 Å². The molecule has 1 unspecified atom stereocenters. The number of carbonyl (C=O) groups is 1. The second-order valence-corrected chi connectivity index (χ2v) is 5.40. The molecule has 3 rings (SSSR count). The van der Waals surface area contributed by atoms with Gasteiger partial charge in [0.25, 0.3) is 5.91 Å². The lowest BCUT2D eigenvalue weighted by Crippen LogP contribution is -2.52. The SMILES string of the molecule is CCNc1cncc(C(=O)N2CCN3CCCC3C2)n1. The fourth-order valence-corrected chi connectivity index (χ4v) is 3.07. The molecule has 1 N–H and O–H groups in total. The van der Waals surface area contributed by atoms with Crippen molar-refractivity contribution < 1.29 is 4.79 Å². The standard InChI is InChI=1S/C14H21N5O/c1-2-16-13-9-15-8-12(17-13)14(20)19-7-6-18-5-3-4-11(18)10-19/h8-9,11H,2-7,10H2,1H3,(H,16,17). The highest BCUT2D eigenvalue weighted by atomic mass is 16.2. The molecule has 1 aromatic heterocycles. The van der Waals surface area contributed by atoms with Crippen molar-refractivity contribution in [3.63, 3.8) is 0 Å². The van der Waals surface area contributed by atoms with Gasteiger partial charge in [-0.05, 0) is 26.3 Å². The molecule has 0 bridgehead atoms. The fourth-order valence-electron chi connectivity index (χ4n) is 3.07. The van der Waals surface area contributed by atoms with E-state index in [9.17, 15) is 4.79 Å². The van der Waals surface area contributed by atoms with E-state index < -0.39 is 0 Å². The van der Waals surface area contributed by atoms with Gasteiger partial charge in [0.2, 0.25) is 0 Å². The summed E-state index contributed by atoms with van der Waals surface area (Å²) in [6.45, 7) is 6.55. The van der Waals surface area contributed by atoms with Crippen LogP contribution in [0.5, 0.6) is 0 Å². The zero-order chi connectivity index (χ0) is 13.9. The van der Waals surface area contributed by atoms with Gasteiger partial charge in [-0.15, -0.1) is 0 Å². The van der Waals surface area contributed by atoms with Crippen molar-refractivity contribution in [1.82, 2.24) is 19.8 Å². The Labute approximate surface area is 119 Å². The Morgan fingerprint density at radius 2 is 2.30 bits per heavy atom. The summed E-state index contributed by atoms with van der Waals surface area (Å²) in [6, 6.07) is 0.539. The van der Waals surface area contributed by atoms with E-state index in [-0.39, 0.29) is 5.91 Å². The summed E-state index contributed by atoms with van der Waals surface area (Å²) in [5.41, 5.74) is 0.440. The van der Waals surface area contributed by atoms with E-state index in [1.807, 2.05) is 11.8 Å². The van der Waals surface area contributed by atoms with Gasteiger partial charge in [0.15, 0.2) is 0 Å². The minimum absolute atomic E-state index is 0.00352. The molecule has 20 heavy (non-hydrogen) atoms. The molecule has 2 aliphatic rings. The molecule has 0 spiro atoms. The Hall–Kier alpha value is -1.69. The summed E-state index contributed by atoms with van der Waals surface area (Å²) in [6.07, 6.45) is 5.66. The lowest BCUT2D eigenvalue weighted by atomic mass is 10.1. The molecule has 1 aromatic rings. The first-order chi connectivity index (χ1) is 9.78. The molecule has 6 heteroatoms. The number of rotatable bonds is 3. The Bertz CT molecular complexity index is 492. The van der Waals surface area contributed by atoms with Crippen LogP contribution in [0.15, 0.2) is 12.4 Å². The van der Waals surface area contributed by atoms with Crippen molar-refractivity contribution in [2.45, 2.75) is 25.8 Å². The van der Waals surface area contributed by atoms with Gasteiger partial charge in [-0.25, -0.2) is 4.98 Å². The van der Waals surface area contributed by atoms with Gasteiger partial charge in [-0.3, -0.25) is 14.7 Å². The monoisotopic (exact) mass is 275 g/mol. The van der Waals surface area contributed by atoms with Gasteiger partial charge in [-0.2, -0.15) is 0 Å². The highest BCUT2D eigenvalue weighted by Gasteiger charge is 2.33. The van der Waals surface area contributed by atoms with Crippen molar-refractivity contribution in [1.29, 1.82) is 0 Å². The Kier molecular flexibility index (Phi) is 3.82. The molecule has 0 aromatic carbocycles. The van der Waals surface area contributed by atoms with Crippen LogP contribution in [-0.2, 0) is 0 Å². The molecular formula is C14H21N5O. The van der Waals surface area contributed by atoms with E-state index in [0.29, 0.717) is 17.6 Å². The van der Waals surface area contributed by atoms with Crippen LogP contribution in [0, 0.1) is 0 Å². The number of carbonyl (C=O) groups excluding carboxylic acids is 1. The summed E-state index contributed by atoms with van der Waals surface area (Å²) in [4.78, 5) is 25.4. The second kappa shape index (κ2) is 5.75. The summed E-state index contributed by atoms with van der Waals surface area (Å²) in [7, 11) is 0. The number of aromatic nitrogens is 2. The lowest BCUT2D eigenvalue weighted by molar-refractivity contribution is 0.0565. The normalized spacial score (nSPS) is 22.6. The lowest BCUT2D eigenvalue weighted by Gasteiger charge is -2.37. The molecule has 0 saturated carbocycles. The van der Waals surface area contributed by atoms with Crippen LogP contribution in [0.4, 0.5) is 5.82 Å². The molecular weight excluding hydrogens is 254 g/mol. The zero-order valence-corrected chi connectivity index (χ0v) is 11.9. The average Bonchev–Trinajstić information content (AvgIpc) is 2.94. The molecule has 2 aliphatic heterocycles. The number of hydrogen-bond donors (Lipinski definition) is 1. The van der Waals surface area contributed by atoms with E-state index in [1.165, 1.54) is 19.4 Å². The van der Waals surface area contributed by atoms with Crippen molar-refractivity contribution in [2.75, 3.05) is 38.0 Å². The molecule has 1 amide bonds. The maximum absolute atomic E-state index is 12.5. The van der Waals surface area contributed by atoms with Gasteiger partial charge in [-0.1, -0.05) is 0 Å². The maximum Gasteiger partial charge on any atom is 0.274 e. The molecule has 2 fully saturated rings. The Morgan fingerprint density at radius 3 is 3.15 bits per heavy atom. The smallest absolute Gasteiger partial charge is 0.274 e. The number of nitrogens with zero attached hydrogens (tertiary/aromatic N) is 4. The first-order valence-electron chi connectivity index (χ1n) is 7.37. The summed E-state index contributed by atoms with van der Waals surface area (Å²) in [5.74, 6) is 0.668. The van der Waals surface area contributed by atoms with Crippen LogP contribution in [0.1, 0.15) is 30.3 Å². The molecule has 2 saturated heterocycles. The number of hydrogen-bond acceptors (Lipinski definition) is 5. The van der Waals surface area contributed by atoms with Crippen LogP contribution in [0.2, 0.25) is 0 Å². The zero-order valence-electron chi connectivity index (χ0n) is 11.9. The predicted octanol–water partition coefficient (Wildman–Crippen LogP) is 0.829. The van der Waals surface area contributed by atoms with Crippen LogP contribution in [0.3, 0.4) is 0 Å². The largest absolute Gasteiger partial charge is 0.369 e. The first-order valence-corrected chi connectivity index (χ1v) is 7.37. The van der Waals surface area contributed by atoms with E-state index in [0.717, 1.165) is 26.2 Å². The van der Waals surface area contributed by atoms with Crippen molar-refractivity contribution in [2.24, 2.45) is 0 Å². The third kappa shape index (κ3) is 2.60. The molecule has 1 atom stereocenters. The van der Waals surface area contributed by atoms with Gasteiger partial charge >= 0.3 is 0 Å². The number of nitrogens with one attached hydrogen (secondary N) is 1. The van der Waals surface area contributed by atoms with Gasteiger partial charge in [0, 0.05) is 32.2 Å². The molecule has 0 aliphatic carbocycles. The summed E-state index contributed by atoms with van der Waals surface area (Å²) < 4.78 is 0. The first kappa shape index (κ1) is 13.3. The fraction of sp³-hybridized carbons (Fsp3) is 0.643. The van der Waals surface area contributed by atoms with Crippen LogP contribution < -0.4 is 5.32 Å². The third-order valence-electron chi connectivity index (χ3n) is 4.09. The van der Waals surface area contributed by atoms with Gasteiger partial charge in [0.05, 0.1) is 12.4 Å². The van der Waals surface area contributed by atoms with Gasteiger partial charge in [0.1, 0.15) is 11.5 Å². The van der Waals surface area contributed by atoms with Crippen LogP contribution in [-0.4, -0.2) is 64.4 Å². The quantitative estimate of drug-likeness (QED) is 0.885. The van der Waals surface area contributed by atoms with E-state index in [1.54, 1.807) is 12.4 Å². The van der Waals surface area contributed by atoms with Crippen LogP contribution >= 0.6 is 0 Å². The number of fused-ring (bicyclic) bond motifs is 1. The number of amides is 1. The minimum Gasteiger partial charge on any atom is -0.369 e. The minimum atomic E-state index is 0.00352. The average molecular weight is 275 g/mol. The van der Waals surface area contributed by atoms with Gasteiger partial charge < -0.3 is 10.2 Å². The third-order valence-corrected chi connectivity index (χ3v) is 4.09. The highest BCUT2D eigenvalue weighted by molar-refractivity contribution is 5.92. The Morgan fingerprint density at radius 1 is 1.40 bits per heavy atom. The van der Waals surface area contributed by atoms with Crippen molar-refractivity contribution in [3.8, 4) is 0 Å². The van der Waals surface area contributed by atoms with Crippen molar-refractivity contribution >= 4 is 11.7 Å². The number of piperazine rings is 1. The predicted molar refractivity (Wildman–Crippen MR) is 76.7 cm³/mol. The molecule has 3 heterocycles. The Balaban J connectivity index is 1.70. The molecule has 6 nitrogen and oxygen atoms in total. The topological polar surface area (TPSA) is 61.4 Å². The van der Waals surface area contributed by atoms with E-state index in [4.69, 9.17) is 0 Å². The number of anilines is 1. The summed E-state index contributed by atoms with van der Waals surface area (Å²) in [5, 5.41) is 3.09.